The number of hydrogen-bond donors (Lipinski definition) is 1. The second-order valence-electron chi connectivity index (χ2n) is 4.55. The van der Waals surface area contributed by atoms with Gasteiger partial charge in [0.05, 0.1) is 17.4 Å². The van der Waals surface area contributed by atoms with Gasteiger partial charge >= 0.3 is 0 Å². The van der Waals surface area contributed by atoms with Crippen LogP contribution >= 0.6 is 0 Å². The van der Waals surface area contributed by atoms with Crippen LogP contribution in [-0.4, -0.2) is 25.8 Å². The minimum absolute atomic E-state index is 0.0152. The Morgan fingerprint density at radius 2 is 1.95 bits per heavy atom. The van der Waals surface area contributed by atoms with Gasteiger partial charge in [-0.05, 0) is 18.6 Å². The molecule has 7 heteroatoms. The number of amides is 1. The van der Waals surface area contributed by atoms with E-state index in [1.807, 2.05) is 0 Å². The monoisotopic (exact) mass is 299 g/mol. The molecule has 20 heavy (non-hydrogen) atoms. The van der Waals surface area contributed by atoms with Gasteiger partial charge in [0.25, 0.3) is 0 Å². The second-order valence-corrected chi connectivity index (χ2v) is 6.78. The van der Waals surface area contributed by atoms with Crippen LogP contribution in [0.25, 0.3) is 0 Å². The van der Waals surface area contributed by atoms with Crippen LogP contribution in [0.4, 0.5) is 14.5 Å². The van der Waals surface area contributed by atoms with Gasteiger partial charge in [0.2, 0.25) is 5.91 Å². The summed E-state index contributed by atoms with van der Waals surface area (Å²) in [4.78, 5) is 11.8. The molecule has 0 bridgehead atoms. The van der Waals surface area contributed by atoms with Crippen LogP contribution in [0.3, 0.4) is 0 Å². The summed E-state index contributed by atoms with van der Waals surface area (Å²) in [5, 5.41) is 2.09. The summed E-state index contributed by atoms with van der Waals surface area (Å²) in [5.41, 5.74) is -0.597. The Bertz CT molecular complexity index is 684. The third-order valence-electron chi connectivity index (χ3n) is 3.06. The van der Waals surface area contributed by atoms with Crippen LogP contribution in [0.1, 0.15) is 12.0 Å². The molecular weight excluding hydrogens is 288 g/mol. The normalized spacial score (nSPS) is 20.4. The zero-order chi connectivity index (χ0) is 14.9. The fourth-order valence-electron chi connectivity index (χ4n) is 2.00. The molecule has 1 aliphatic rings. The van der Waals surface area contributed by atoms with E-state index >= 15 is 0 Å². The molecule has 0 spiro atoms. The molecule has 4 nitrogen and oxygen atoms in total. The van der Waals surface area contributed by atoms with Crippen LogP contribution in [0, 0.1) is 29.9 Å². The fraction of sp³-hybridized carbons (Fsp3) is 0.308. The summed E-state index contributed by atoms with van der Waals surface area (Å²) in [6.07, 6.45) is 5.18. The molecule has 0 radical (unpaired) electrons. The molecule has 1 aromatic rings. The number of rotatable bonds is 2. The number of anilines is 1. The predicted molar refractivity (Wildman–Crippen MR) is 69.7 cm³/mol. The molecule has 1 heterocycles. The molecule has 106 valence electrons. The first-order valence-corrected chi connectivity index (χ1v) is 7.61. The van der Waals surface area contributed by atoms with E-state index in [2.05, 4.69) is 11.2 Å². The molecule has 0 aliphatic carbocycles. The van der Waals surface area contributed by atoms with Crippen molar-refractivity contribution in [1.29, 1.82) is 0 Å². The summed E-state index contributed by atoms with van der Waals surface area (Å²) in [5.74, 6) is -1.79. The zero-order valence-electron chi connectivity index (χ0n) is 10.3. The smallest absolute Gasteiger partial charge is 0.228 e. The summed E-state index contributed by atoms with van der Waals surface area (Å²) in [6, 6.07) is 1.84. The highest BCUT2D eigenvalue weighted by atomic mass is 32.2. The van der Waals surface area contributed by atoms with E-state index < -0.39 is 39.0 Å². The first-order valence-electron chi connectivity index (χ1n) is 5.79. The van der Waals surface area contributed by atoms with Gasteiger partial charge in [-0.1, -0.05) is 5.92 Å². The maximum absolute atomic E-state index is 13.6. The van der Waals surface area contributed by atoms with Gasteiger partial charge in [0, 0.05) is 5.56 Å². The van der Waals surface area contributed by atoms with Gasteiger partial charge in [0.15, 0.2) is 21.5 Å². The minimum Gasteiger partial charge on any atom is -0.321 e. The van der Waals surface area contributed by atoms with Gasteiger partial charge in [-0.2, -0.15) is 0 Å². The lowest BCUT2D eigenvalue weighted by Gasteiger charge is -2.11. The molecule has 1 N–H and O–H groups in total. The Hall–Kier alpha value is -1.94. The molecule has 1 aliphatic heterocycles. The number of benzene rings is 1. The number of terminal acetylenes is 1. The predicted octanol–water partition coefficient (Wildman–Crippen LogP) is 1.32. The largest absolute Gasteiger partial charge is 0.321 e. The van der Waals surface area contributed by atoms with Crippen molar-refractivity contribution in [3.63, 3.8) is 0 Å². The maximum Gasteiger partial charge on any atom is 0.228 e. The van der Waals surface area contributed by atoms with Crippen molar-refractivity contribution in [1.82, 2.24) is 0 Å². The summed E-state index contributed by atoms with van der Waals surface area (Å²) >= 11 is 0. The zero-order valence-corrected chi connectivity index (χ0v) is 11.1. The third-order valence-corrected chi connectivity index (χ3v) is 4.83. The second kappa shape index (κ2) is 5.21. The summed E-state index contributed by atoms with van der Waals surface area (Å²) < 4.78 is 49.8. The highest BCUT2D eigenvalue weighted by Gasteiger charge is 2.33. The van der Waals surface area contributed by atoms with Crippen LogP contribution in [-0.2, 0) is 14.6 Å². The Balaban J connectivity index is 2.19. The number of nitrogens with one attached hydrogen (secondary N) is 1. The molecule has 2 rings (SSSR count). The minimum atomic E-state index is -3.24. The summed E-state index contributed by atoms with van der Waals surface area (Å²) in [6.45, 7) is 0. The summed E-state index contributed by atoms with van der Waals surface area (Å²) in [7, 11) is -3.24. The number of sulfone groups is 1. The lowest BCUT2D eigenvalue weighted by atomic mass is 10.1. The van der Waals surface area contributed by atoms with Crippen molar-refractivity contribution in [2.45, 2.75) is 6.42 Å². The van der Waals surface area contributed by atoms with E-state index in [1.165, 1.54) is 0 Å². The van der Waals surface area contributed by atoms with E-state index in [0.717, 1.165) is 12.1 Å². The van der Waals surface area contributed by atoms with Crippen molar-refractivity contribution in [3.05, 3.63) is 29.3 Å². The maximum atomic E-state index is 13.6. The number of carbonyl (C=O) groups is 1. The van der Waals surface area contributed by atoms with Gasteiger partial charge in [-0.15, -0.1) is 6.42 Å². The van der Waals surface area contributed by atoms with Crippen LogP contribution in [0.5, 0.6) is 0 Å². The molecule has 0 unspecified atom stereocenters. The molecule has 1 saturated heterocycles. The lowest BCUT2D eigenvalue weighted by molar-refractivity contribution is -0.119. The number of carbonyl (C=O) groups excluding carboxylic acids is 1. The van der Waals surface area contributed by atoms with Gasteiger partial charge < -0.3 is 5.32 Å². The van der Waals surface area contributed by atoms with Crippen molar-refractivity contribution in [2.24, 2.45) is 5.92 Å². The highest BCUT2D eigenvalue weighted by molar-refractivity contribution is 7.91. The Morgan fingerprint density at radius 3 is 2.40 bits per heavy atom. The van der Waals surface area contributed by atoms with Crippen molar-refractivity contribution < 1.29 is 22.0 Å². The molecular formula is C13H11F2NO3S. The van der Waals surface area contributed by atoms with Crippen LogP contribution < -0.4 is 5.32 Å². The van der Waals surface area contributed by atoms with Crippen LogP contribution in [0.15, 0.2) is 12.1 Å². The molecule has 0 aromatic heterocycles. The van der Waals surface area contributed by atoms with E-state index in [0.29, 0.717) is 0 Å². The lowest BCUT2D eigenvalue weighted by Crippen LogP contribution is -2.24. The average molecular weight is 299 g/mol. The first-order chi connectivity index (χ1) is 9.32. The van der Waals surface area contributed by atoms with E-state index in [1.54, 1.807) is 0 Å². The average Bonchev–Trinajstić information content (AvgIpc) is 2.73. The Morgan fingerprint density at radius 1 is 1.35 bits per heavy atom. The Kier molecular flexibility index (Phi) is 3.77. The SMILES string of the molecule is C#Cc1cc(F)c(NC(=O)[C@H]2CCS(=O)(=O)C2)c(F)c1. The van der Waals surface area contributed by atoms with Crippen molar-refractivity contribution in [2.75, 3.05) is 16.8 Å². The molecule has 1 fully saturated rings. The first kappa shape index (κ1) is 14.5. The third kappa shape index (κ3) is 2.96. The fourth-order valence-corrected chi connectivity index (χ4v) is 3.74. The van der Waals surface area contributed by atoms with Gasteiger partial charge in [0.1, 0.15) is 5.69 Å². The molecule has 1 atom stereocenters. The molecule has 1 amide bonds. The van der Waals surface area contributed by atoms with Crippen molar-refractivity contribution >= 4 is 21.4 Å². The highest BCUT2D eigenvalue weighted by Crippen LogP contribution is 2.24. The Labute approximate surface area is 115 Å². The molecule has 0 saturated carbocycles. The standard InChI is InChI=1S/C13H11F2NO3S/c1-2-8-5-10(14)12(11(15)6-8)16-13(17)9-3-4-20(18,19)7-9/h1,5-6,9H,3-4,7H2,(H,16,17)/t9-/m0/s1. The van der Waals surface area contributed by atoms with E-state index in [-0.39, 0.29) is 23.5 Å². The van der Waals surface area contributed by atoms with Crippen LogP contribution in [0.2, 0.25) is 0 Å². The quantitative estimate of drug-likeness (QED) is 0.838. The molecule has 1 aromatic carbocycles. The van der Waals surface area contributed by atoms with E-state index in [9.17, 15) is 22.0 Å². The van der Waals surface area contributed by atoms with Crippen molar-refractivity contribution in [3.8, 4) is 12.3 Å². The van der Waals surface area contributed by atoms with Gasteiger partial charge in [-0.25, -0.2) is 17.2 Å². The topological polar surface area (TPSA) is 63.2 Å². The van der Waals surface area contributed by atoms with E-state index in [4.69, 9.17) is 6.42 Å². The number of hydrogen-bond acceptors (Lipinski definition) is 3. The number of halogens is 2. The van der Waals surface area contributed by atoms with Gasteiger partial charge in [-0.3, -0.25) is 4.79 Å².